The zero-order chi connectivity index (χ0) is 17.5. The van der Waals surface area contributed by atoms with E-state index < -0.39 is 23.1 Å². The number of aliphatic carboxylic acids is 1. The van der Waals surface area contributed by atoms with E-state index in [-0.39, 0.29) is 12.3 Å². The second-order valence-electron chi connectivity index (χ2n) is 5.16. The predicted octanol–water partition coefficient (Wildman–Crippen LogP) is 2.51. The molecule has 1 amide bonds. The van der Waals surface area contributed by atoms with E-state index in [9.17, 15) is 19.1 Å². The lowest BCUT2D eigenvalue weighted by Gasteiger charge is -2.17. The van der Waals surface area contributed by atoms with Crippen molar-refractivity contribution >= 4 is 23.6 Å². The SMILES string of the molecule is CC(Sc1ccccn1)C(=O)NC(Cc1ccc(F)cc1)C(=O)O. The minimum atomic E-state index is -1.14. The molecule has 0 fully saturated rings. The van der Waals surface area contributed by atoms with E-state index in [1.807, 2.05) is 6.07 Å². The molecule has 2 atom stereocenters. The molecule has 0 radical (unpaired) electrons. The Kier molecular flexibility index (Phi) is 6.31. The quantitative estimate of drug-likeness (QED) is 0.752. The lowest BCUT2D eigenvalue weighted by molar-refractivity contribution is -0.141. The maximum atomic E-state index is 12.9. The van der Waals surface area contributed by atoms with Crippen LogP contribution in [0, 0.1) is 5.82 Å². The lowest BCUT2D eigenvalue weighted by Crippen LogP contribution is -2.45. The van der Waals surface area contributed by atoms with Crippen molar-refractivity contribution in [3.8, 4) is 0 Å². The molecule has 7 heteroatoms. The monoisotopic (exact) mass is 348 g/mol. The summed E-state index contributed by atoms with van der Waals surface area (Å²) >= 11 is 1.25. The second kappa shape index (κ2) is 8.44. The summed E-state index contributed by atoms with van der Waals surface area (Å²) in [7, 11) is 0. The fraction of sp³-hybridized carbons (Fsp3) is 0.235. The molecule has 0 saturated carbocycles. The fourth-order valence-electron chi connectivity index (χ4n) is 2.00. The smallest absolute Gasteiger partial charge is 0.326 e. The van der Waals surface area contributed by atoms with Gasteiger partial charge in [0.2, 0.25) is 5.91 Å². The zero-order valence-corrected chi connectivity index (χ0v) is 13.8. The molecular weight excluding hydrogens is 331 g/mol. The Labute approximate surface area is 143 Å². The molecule has 24 heavy (non-hydrogen) atoms. The van der Waals surface area contributed by atoms with Crippen molar-refractivity contribution in [3.63, 3.8) is 0 Å². The van der Waals surface area contributed by atoms with E-state index in [2.05, 4.69) is 10.3 Å². The van der Waals surface area contributed by atoms with Gasteiger partial charge in [0.05, 0.1) is 10.3 Å². The third kappa shape index (κ3) is 5.34. The van der Waals surface area contributed by atoms with Gasteiger partial charge in [0.25, 0.3) is 0 Å². The number of aromatic nitrogens is 1. The Bertz CT molecular complexity index is 695. The fourth-order valence-corrected chi connectivity index (χ4v) is 2.81. The normalized spacial score (nSPS) is 13.1. The largest absolute Gasteiger partial charge is 0.480 e. The van der Waals surface area contributed by atoms with Gasteiger partial charge in [-0.15, -0.1) is 0 Å². The van der Waals surface area contributed by atoms with Crippen molar-refractivity contribution in [3.05, 3.63) is 60.0 Å². The number of hydrogen-bond donors (Lipinski definition) is 2. The van der Waals surface area contributed by atoms with Crippen LogP contribution in [0.25, 0.3) is 0 Å². The zero-order valence-electron chi connectivity index (χ0n) is 13.0. The molecule has 0 aliphatic heterocycles. The number of pyridine rings is 1. The Hall–Kier alpha value is -2.41. The van der Waals surface area contributed by atoms with Gasteiger partial charge in [-0.05, 0) is 36.8 Å². The minimum absolute atomic E-state index is 0.0856. The number of carboxylic acid groups (broad SMARTS) is 1. The van der Waals surface area contributed by atoms with E-state index >= 15 is 0 Å². The molecule has 0 spiro atoms. The number of hydrogen-bond acceptors (Lipinski definition) is 4. The summed E-state index contributed by atoms with van der Waals surface area (Å²) < 4.78 is 12.9. The number of nitrogens with one attached hydrogen (secondary N) is 1. The Balaban J connectivity index is 1.97. The van der Waals surface area contributed by atoms with Gasteiger partial charge >= 0.3 is 5.97 Å². The van der Waals surface area contributed by atoms with Crippen molar-refractivity contribution in [2.75, 3.05) is 0 Å². The average Bonchev–Trinajstić information content (AvgIpc) is 2.56. The maximum Gasteiger partial charge on any atom is 0.326 e. The van der Waals surface area contributed by atoms with E-state index in [0.29, 0.717) is 10.6 Å². The van der Waals surface area contributed by atoms with Gasteiger partial charge in [-0.3, -0.25) is 4.79 Å². The molecule has 1 heterocycles. The van der Waals surface area contributed by atoms with Crippen LogP contribution >= 0.6 is 11.8 Å². The standard InChI is InChI=1S/C17H17FN2O3S/c1-11(24-15-4-2-3-9-19-15)16(21)20-14(17(22)23)10-12-5-7-13(18)8-6-12/h2-9,11,14H,10H2,1H3,(H,20,21)(H,22,23). The number of benzene rings is 1. The molecule has 0 bridgehead atoms. The number of halogens is 1. The van der Waals surface area contributed by atoms with Gasteiger partial charge in [0.15, 0.2) is 0 Å². The minimum Gasteiger partial charge on any atom is -0.480 e. The van der Waals surface area contributed by atoms with Gasteiger partial charge in [-0.2, -0.15) is 0 Å². The highest BCUT2D eigenvalue weighted by Crippen LogP contribution is 2.20. The van der Waals surface area contributed by atoms with Crippen LogP contribution in [0.2, 0.25) is 0 Å². The third-order valence-corrected chi connectivity index (χ3v) is 4.32. The molecule has 2 N–H and O–H groups in total. The molecule has 2 rings (SSSR count). The first-order chi connectivity index (χ1) is 11.5. The highest BCUT2D eigenvalue weighted by atomic mass is 32.2. The van der Waals surface area contributed by atoms with Gasteiger partial charge in [-0.1, -0.05) is 30.0 Å². The van der Waals surface area contributed by atoms with Crippen LogP contribution < -0.4 is 5.32 Å². The number of carboxylic acids is 1. The number of carbonyl (C=O) groups is 2. The maximum absolute atomic E-state index is 12.9. The summed E-state index contributed by atoms with van der Waals surface area (Å²) in [5.74, 6) is -1.92. The number of thioether (sulfide) groups is 1. The molecular formula is C17H17FN2O3S. The molecule has 2 aromatic rings. The van der Waals surface area contributed by atoms with Gasteiger partial charge in [0, 0.05) is 12.6 Å². The van der Waals surface area contributed by atoms with Crippen LogP contribution in [-0.2, 0) is 16.0 Å². The van der Waals surface area contributed by atoms with Gasteiger partial charge < -0.3 is 10.4 Å². The molecule has 0 saturated heterocycles. The van der Waals surface area contributed by atoms with Gasteiger partial charge in [-0.25, -0.2) is 14.2 Å². The predicted molar refractivity (Wildman–Crippen MR) is 89.2 cm³/mol. The van der Waals surface area contributed by atoms with Crippen LogP contribution in [0.15, 0.2) is 53.7 Å². The average molecular weight is 348 g/mol. The van der Waals surface area contributed by atoms with Crippen LogP contribution in [0.4, 0.5) is 4.39 Å². The Morgan fingerprint density at radius 3 is 2.54 bits per heavy atom. The summed E-state index contributed by atoms with van der Waals surface area (Å²) in [5.41, 5.74) is 0.633. The first-order valence-corrected chi connectivity index (χ1v) is 8.19. The van der Waals surface area contributed by atoms with Crippen LogP contribution in [0.5, 0.6) is 0 Å². The van der Waals surface area contributed by atoms with E-state index in [4.69, 9.17) is 0 Å². The summed E-state index contributed by atoms with van der Waals surface area (Å²) in [6, 6.07) is 9.82. The summed E-state index contributed by atoms with van der Waals surface area (Å²) in [6.07, 6.45) is 1.71. The molecule has 1 aromatic heterocycles. The highest BCUT2D eigenvalue weighted by molar-refractivity contribution is 8.00. The number of nitrogens with zero attached hydrogens (tertiary/aromatic N) is 1. The van der Waals surface area contributed by atoms with Crippen molar-refractivity contribution in [1.29, 1.82) is 0 Å². The number of amides is 1. The van der Waals surface area contributed by atoms with Crippen molar-refractivity contribution in [2.24, 2.45) is 0 Å². The molecule has 5 nitrogen and oxygen atoms in total. The van der Waals surface area contributed by atoms with E-state index in [0.717, 1.165) is 0 Å². The first-order valence-electron chi connectivity index (χ1n) is 7.31. The lowest BCUT2D eigenvalue weighted by atomic mass is 10.1. The molecule has 126 valence electrons. The van der Waals surface area contributed by atoms with Gasteiger partial charge in [0.1, 0.15) is 11.9 Å². The van der Waals surface area contributed by atoms with Crippen molar-refractivity contribution < 1.29 is 19.1 Å². The Morgan fingerprint density at radius 1 is 1.25 bits per heavy atom. The van der Waals surface area contributed by atoms with E-state index in [1.165, 1.54) is 36.0 Å². The molecule has 1 aromatic carbocycles. The summed E-state index contributed by atoms with van der Waals surface area (Å²) in [6.45, 7) is 1.69. The topological polar surface area (TPSA) is 79.3 Å². The van der Waals surface area contributed by atoms with E-state index in [1.54, 1.807) is 25.3 Å². The third-order valence-electron chi connectivity index (χ3n) is 3.27. The molecule has 2 unspecified atom stereocenters. The first kappa shape index (κ1) is 17.9. The molecule has 0 aliphatic rings. The molecule has 0 aliphatic carbocycles. The van der Waals surface area contributed by atoms with Crippen LogP contribution in [-0.4, -0.2) is 33.3 Å². The van der Waals surface area contributed by atoms with Crippen molar-refractivity contribution in [2.45, 2.75) is 29.7 Å². The van der Waals surface area contributed by atoms with Crippen molar-refractivity contribution in [1.82, 2.24) is 10.3 Å². The number of rotatable bonds is 7. The Morgan fingerprint density at radius 2 is 1.96 bits per heavy atom. The second-order valence-corrected chi connectivity index (χ2v) is 6.52. The summed E-state index contributed by atoms with van der Waals surface area (Å²) in [5, 5.41) is 12.0. The van der Waals surface area contributed by atoms with Crippen LogP contribution in [0.1, 0.15) is 12.5 Å². The summed E-state index contributed by atoms with van der Waals surface area (Å²) in [4.78, 5) is 27.7. The highest BCUT2D eigenvalue weighted by Gasteiger charge is 2.24. The number of carbonyl (C=O) groups excluding carboxylic acids is 1. The van der Waals surface area contributed by atoms with Crippen LogP contribution in [0.3, 0.4) is 0 Å².